The van der Waals surface area contributed by atoms with Crippen LogP contribution in [-0.2, 0) is 4.79 Å². The molecule has 1 aliphatic carbocycles. The molecule has 0 aromatic carbocycles. The molecule has 1 aliphatic rings. The lowest BCUT2D eigenvalue weighted by Gasteiger charge is -2.15. The first-order valence-electron chi connectivity index (χ1n) is 5.16. The van der Waals surface area contributed by atoms with E-state index in [9.17, 15) is 4.79 Å². The average molecular weight is 185 g/mol. The van der Waals surface area contributed by atoms with Crippen molar-refractivity contribution in [3.63, 3.8) is 0 Å². The predicted octanol–water partition coefficient (Wildman–Crippen LogP) is 1.06. The van der Waals surface area contributed by atoms with E-state index in [4.69, 9.17) is 5.11 Å². The molecule has 0 bridgehead atoms. The van der Waals surface area contributed by atoms with Gasteiger partial charge in [0.2, 0.25) is 5.91 Å². The maximum atomic E-state index is 11.3. The lowest BCUT2D eigenvalue weighted by Crippen LogP contribution is -2.35. The SMILES string of the molecule is CCC(CCO)NC(=O)CC1CC1. The third-order valence-electron chi connectivity index (χ3n) is 2.51. The van der Waals surface area contributed by atoms with Crippen molar-refractivity contribution in [2.45, 2.75) is 45.1 Å². The highest BCUT2D eigenvalue weighted by Crippen LogP contribution is 2.32. The van der Waals surface area contributed by atoms with Crippen LogP contribution in [0.3, 0.4) is 0 Å². The second kappa shape index (κ2) is 5.22. The highest BCUT2D eigenvalue weighted by Gasteiger charge is 2.24. The number of hydrogen-bond donors (Lipinski definition) is 2. The largest absolute Gasteiger partial charge is 0.396 e. The van der Waals surface area contributed by atoms with Gasteiger partial charge in [0.15, 0.2) is 0 Å². The molecule has 1 unspecified atom stereocenters. The van der Waals surface area contributed by atoms with Crippen molar-refractivity contribution in [2.24, 2.45) is 5.92 Å². The zero-order valence-electron chi connectivity index (χ0n) is 8.25. The van der Waals surface area contributed by atoms with Crippen LogP contribution in [0.2, 0.25) is 0 Å². The van der Waals surface area contributed by atoms with E-state index in [2.05, 4.69) is 5.32 Å². The molecule has 1 rings (SSSR count). The highest BCUT2D eigenvalue weighted by molar-refractivity contribution is 5.76. The number of nitrogens with one attached hydrogen (secondary N) is 1. The summed E-state index contributed by atoms with van der Waals surface area (Å²) in [5.41, 5.74) is 0. The number of hydrogen-bond acceptors (Lipinski definition) is 2. The first-order chi connectivity index (χ1) is 6.26. The van der Waals surface area contributed by atoms with Crippen molar-refractivity contribution in [1.29, 1.82) is 0 Å². The van der Waals surface area contributed by atoms with Crippen LogP contribution in [0, 0.1) is 5.92 Å². The molecular formula is C10H19NO2. The molecule has 0 radical (unpaired) electrons. The third kappa shape index (κ3) is 4.27. The molecule has 3 nitrogen and oxygen atoms in total. The molecule has 1 amide bonds. The summed E-state index contributed by atoms with van der Waals surface area (Å²) >= 11 is 0. The maximum absolute atomic E-state index is 11.3. The van der Waals surface area contributed by atoms with E-state index in [1.165, 1.54) is 12.8 Å². The van der Waals surface area contributed by atoms with E-state index >= 15 is 0 Å². The molecule has 0 aromatic rings. The van der Waals surface area contributed by atoms with Gasteiger partial charge in [-0.2, -0.15) is 0 Å². The minimum Gasteiger partial charge on any atom is -0.396 e. The Morgan fingerprint density at radius 3 is 2.77 bits per heavy atom. The van der Waals surface area contributed by atoms with Crippen LogP contribution in [-0.4, -0.2) is 23.7 Å². The molecule has 0 heterocycles. The summed E-state index contributed by atoms with van der Waals surface area (Å²) in [6.07, 6.45) is 4.68. The van der Waals surface area contributed by atoms with Crippen molar-refractivity contribution in [3.8, 4) is 0 Å². The zero-order chi connectivity index (χ0) is 9.68. The van der Waals surface area contributed by atoms with Crippen molar-refractivity contribution >= 4 is 5.91 Å². The Labute approximate surface area is 79.5 Å². The molecule has 0 spiro atoms. The van der Waals surface area contributed by atoms with Gasteiger partial charge in [-0.25, -0.2) is 0 Å². The van der Waals surface area contributed by atoms with Gasteiger partial charge in [-0.1, -0.05) is 6.92 Å². The normalized spacial score (nSPS) is 18.3. The molecule has 0 aromatic heterocycles. The predicted molar refractivity (Wildman–Crippen MR) is 51.3 cm³/mol. The Balaban J connectivity index is 2.14. The van der Waals surface area contributed by atoms with Crippen LogP contribution in [0.1, 0.15) is 39.0 Å². The molecule has 0 aliphatic heterocycles. The first-order valence-corrected chi connectivity index (χ1v) is 5.16. The number of amides is 1. The molecule has 3 heteroatoms. The summed E-state index contributed by atoms with van der Waals surface area (Å²) in [7, 11) is 0. The minimum absolute atomic E-state index is 0.155. The van der Waals surface area contributed by atoms with Gasteiger partial charge in [0.05, 0.1) is 0 Å². The second-order valence-corrected chi connectivity index (χ2v) is 3.83. The van der Waals surface area contributed by atoms with Crippen molar-refractivity contribution < 1.29 is 9.90 Å². The molecule has 76 valence electrons. The Morgan fingerprint density at radius 1 is 1.62 bits per heavy atom. The Morgan fingerprint density at radius 2 is 2.31 bits per heavy atom. The fourth-order valence-electron chi connectivity index (χ4n) is 1.40. The van der Waals surface area contributed by atoms with Crippen molar-refractivity contribution in [1.82, 2.24) is 5.32 Å². The molecule has 0 saturated heterocycles. The fraction of sp³-hybridized carbons (Fsp3) is 0.900. The third-order valence-corrected chi connectivity index (χ3v) is 2.51. The van der Waals surface area contributed by atoms with Gasteiger partial charge >= 0.3 is 0 Å². The number of rotatable bonds is 6. The second-order valence-electron chi connectivity index (χ2n) is 3.83. The van der Waals surface area contributed by atoms with Crippen LogP contribution in [0.5, 0.6) is 0 Å². The lowest BCUT2D eigenvalue weighted by atomic mass is 10.1. The van der Waals surface area contributed by atoms with Crippen LogP contribution in [0.15, 0.2) is 0 Å². The molecule has 1 saturated carbocycles. The van der Waals surface area contributed by atoms with Crippen molar-refractivity contribution in [2.75, 3.05) is 6.61 Å². The topological polar surface area (TPSA) is 49.3 Å². The van der Waals surface area contributed by atoms with E-state index in [1.807, 2.05) is 6.92 Å². The van der Waals surface area contributed by atoms with E-state index < -0.39 is 0 Å². The average Bonchev–Trinajstić information content (AvgIpc) is 2.87. The molecule has 2 N–H and O–H groups in total. The van der Waals surface area contributed by atoms with Gasteiger partial charge in [0, 0.05) is 19.1 Å². The Hall–Kier alpha value is -0.570. The van der Waals surface area contributed by atoms with E-state index in [1.54, 1.807) is 0 Å². The van der Waals surface area contributed by atoms with E-state index in [0.29, 0.717) is 18.8 Å². The summed E-state index contributed by atoms with van der Waals surface area (Å²) in [6.45, 7) is 2.18. The quantitative estimate of drug-likeness (QED) is 0.650. The van der Waals surface area contributed by atoms with Gasteiger partial charge in [-0.15, -0.1) is 0 Å². The van der Waals surface area contributed by atoms with Crippen molar-refractivity contribution in [3.05, 3.63) is 0 Å². The summed E-state index contributed by atoms with van der Waals surface area (Å²) in [5.74, 6) is 0.800. The number of carbonyl (C=O) groups is 1. The summed E-state index contributed by atoms with van der Waals surface area (Å²) < 4.78 is 0. The van der Waals surface area contributed by atoms with Crippen LogP contribution in [0.4, 0.5) is 0 Å². The Bertz CT molecular complexity index is 166. The summed E-state index contributed by atoms with van der Waals surface area (Å²) in [4.78, 5) is 11.3. The molecule has 1 fully saturated rings. The number of aliphatic hydroxyl groups excluding tert-OH is 1. The van der Waals surface area contributed by atoms with Gasteiger partial charge in [0.25, 0.3) is 0 Å². The number of carbonyl (C=O) groups excluding carboxylic acids is 1. The maximum Gasteiger partial charge on any atom is 0.220 e. The van der Waals surface area contributed by atoms with Gasteiger partial charge in [-0.3, -0.25) is 4.79 Å². The molecular weight excluding hydrogens is 166 g/mol. The number of aliphatic hydroxyl groups is 1. The lowest BCUT2D eigenvalue weighted by molar-refractivity contribution is -0.122. The molecule has 13 heavy (non-hydrogen) atoms. The smallest absolute Gasteiger partial charge is 0.220 e. The Kier molecular flexibility index (Phi) is 4.22. The van der Waals surface area contributed by atoms with Gasteiger partial charge in [0.1, 0.15) is 0 Å². The minimum atomic E-state index is 0.155. The monoisotopic (exact) mass is 185 g/mol. The van der Waals surface area contributed by atoms with Gasteiger partial charge < -0.3 is 10.4 Å². The first kappa shape index (κ1) is 10.5. The zero-order valence-corrected chi connectivity index (χ0v) is 8.25. The highest BCUT2D eigenvalue weighted by atomic mass is 16.3. The van der Waals surface area contributed by atoms with Crippen LogP contribution in [0.25, 0.3) is 0 Å². The standard InChI is InChI=1S/C10H19NO2/c1-2-9(5-6-12)11-10(13)7-8-3-4-8/h8-9,12H,2-7H2,1H3,(H,11,13). The van der Waals surface area contributed by atoms with Crippen LogP contribution < -0.4 is 5.32 Å². The summed E-state index contributed by atoms with van der Waals surface area (Å²) in [5, 5.41) is 11.7. The molecule has 1 atom stereocenters. The van der Waals surface area contributed by atoms with E-state index in [-0.39, 0.29) is 18.6 Å². The summed E-state index contributed by atoms with van der Waals surface area (Å²) in [6, 6.07) is 0.163. The van der Waals surface area contributed by atoms with Gasteiger partial charge in [-0.05, 0) is 31.6 Å². The van der Waals surface area contributed by atoms with Crippen LogP contribution >= 0.6 is 0 Å². The fourth-order valence-corrected chi connectivity index (χ4v) is 1.40. The van der Waals surface area contributed by atoms with E-state index in [0.717, 1.165) is 6.42 Å².